The Morgan fingerprint density at radius 2 is 1.68 bits per heavy atom. The van der Waals surface area contributed by atoms with Crippen molar-refractivity contribution in [3.8, 4) is 0 Å². The van der Waals surface area contributed by atoms with Crippen LogP contribution in [0.25, 0.3) is 0 Å². The van der Waals surface area contributed by atoms with Gasteiger partial charge in [0, 0.05) is 63.0 Å². The number of fused-ring (bicyclic) bond motifs is 1. The number of rotatable bonds is 16. The summed E-state index contributed by atoms with van der Waals surface area (Å²) in [5.41, 5.74) is 5.52. The van der Waals surface area contributed by atoms with E-state index >= 15 is 0 Å². The smallest absolute Gasteiger partial charge is 0.322 e. The highest BCUT2D eigenvalue weighted by atomic mass is 32.2. The van der Waals surface area contributed by atoms with Crippen LogP contribution in [0, 0.1) is 31.6 Å². The second kappa shape index (κ2) is 24.2. The van der Waals surface area contributed by atoms with Gasteiger partial charge in [0.25, 0.3) is 0 Å². The molecule has 53 heavy (non-hydrogen) atoms. The monoisotopic (exact) mass is 751 g/mol. The summed E-state index contributed by atoms with van der Waals surface area (Å²) in [5.74, 6) is 1.62. The summed E-state index contributed by atoms with van der Waals surface area (Å²) in [6.07, 6.45) is 12.4. The third-order valence-electron chi connectivity index (χ3n) is 10.4. The third kappa shape index (κ3) is 16.3. The van der Waals surface area contributed by atoms with Crippen LogP contribution in [0.15, 0.2) is 55.1 Å². The maximum absolute atomic E-state index is 13.0. The first-order chi connectivity index (χ1) is 25.2. The molecule has 3 unspecified atom stereocenters. The maximum Gasteiger partial charge on any atom is 0.322 e. The second-order valence-electron chi connectivity index (χ2n) is 15.4. The molecule has 0 radical (unpaired) electrons. The minimum atomic E-state index is -0.841. The highest BCUT2D eigenvalue weighted by molar-refractivity contribution is 7.81. The average Bonchev–Trinajstić information content (AvgIpc) is 3.12. The van der Waals surface area contributed by atoms with Crippen molar-refractivity contribution in [2.45, 2.75) is 126 Å². The lowest BCUT2D eigenvalue weighted by Gasteiger charge is -2.40. The lowest BCUT2D eigenvalue weighted by Crippen LogP contribution is -2.51. The SMILES string of the molecule is C=CCN(CCC)S(C)=O.CC(=O)C(CC(=O)N1CCC(N2Cc3ccccc3NC2=O)CC1)Cc1ccc(C)c(C)c1.CCCC(C)CCC(C)C. The molecule has 2 aliphatic heterocycles. The zero-order chi connectivity index (χ0) is 39.5. The van der Waals surface area contributed by atoms with Gasteiger partial charge in [-0.3, -0.25) is 9.59 Å². The Balaban J connectivity index is 0.000000399. The average molecular weight is 751 g/mol. The van der Waals surface area contributed by atoms with E-state index < -0.39 is 11.0 Å². The zero-order valence-corrected chi connectivity index (χ0v) is 35.2. The van der Waals surface area contributed by atoms with Gasteiger partial charge in [0.15, 0.2) is 0 Å². The highest BCUT2D eigenvalue weighted by Gasteiger charge is 2.33. The van der Waals surface area contributed by atoms with Gasteiger partial charge >= 0.3 is 6.03 Å². The largest absolute Gasteiger partial charge is 0.343 e. The van der Waals surface area contributed by atoms with E-state index in [1.165, 1.54) is 36.8 Å². The molecular weight excluding hydrogens is 681 g/mol. The van der Waals surface area contributed by atoms with Crippen molar-refractivity contribution < 1.29 is 18.6 Å². The van der Waals surface area contributed by atoms with Crippen molar-refractivity contribution in [1.29, 1.82) is 0 Å². The van der Waals surface area contributed by atoms with E-state index in [-0.39, 0.29) is 36.1 Å². The molecule has 8 nitrogen and oxygen atoms in total. The predicted molar refractivity (Wildman–Crippen MR) is 223 cm³/mol. The van der Waals surface area contributed by atoms with E-state index in [0.717, 1.165) is 61.0 Å². The summed E-state index contributed by atoms with van der Waals surface area (Å²) in [4.78, 5) is 41.7. The molecule has 0 aliphatic carbocycles. The van der Waals surface area contributed by atoms with Crippen molar-refractivity contribution in [2.24, 2.45) is 17.8 Å². The molecule has 3 atom stereocenters. The predicted octanol–water partition coefficient (Wildman–Crippen LogP) is 9.52. The van der Waals surface area contributed by atoms with Crippen LogP contribution < -0.4 is 5.32 Å². The normalized spacial score (nSPS) is 16.0. The van der Waals surface area contributed by atoms with E-state index in [9.17, 15) is 18.6 Å². The number of hydrogen-bond donors (Lipinski definition) is 1. The molecule has 4 rings (SSSR count). The van der Waals surface area contributed by atoms with Crippen LogP contribution in [0.3, 0.4) is 0 Å². The third-order valence-corrected chi connectivity index (χ3v) is 11.4. The topological polar surface area (TPSA) is 90.0 Å². The van der Waals surface area contributed by atoms with Crippen molar-refractivity contribution in [1.82, 2.24) is 14.1 Å². The first-order valence-corrected chi connectivity index (χ1v) is 21.4. The minimum absolute atomic E-state index is 0.0333. The van der Waals surface area contributed by atoms with Crippen LogP contribution in [0.4, 0.5) is 10.5 Å². The fraction of sp³-hybridized carbons (Fsp3) is 0.614. The fourth-order valence-electron chi connectivity index (χ4n) is 6.83. The Hall–Kier alpha value is -3.30. The standard InChI is InChI=1S/C27H33N3O3.C10H22.C7H15NOS/c1-18-8-9-21(14-19(18)2)15-23(20(3)31)16-26(32)29-12-10-24(11-13-29)30-17-22-6-4-5-7-25(22)28-27(30)33;1-5-6-10(4)8-7-9(2)3;1-4-6-8(7-5-2)10(3)9/h4-9,14,23-24H,10-13,15-17H2,1-3H3,(H,28,33);9-10H,5-8H2,1-4H3;4H,1,5-7H2,2-3H3. The van der Waals surface area contributed by atoms with Gasteiger partial charge in [0.2, 0.25) is 5.91 Å². The van der Waals surface area contributed by atoms with Crippen LogP contribution in [-0.2, 0) is 33.5 Å². The number of amides is 3. The van der Waals surface area contributed by atoms with Crippen LogP contribution >= 0.6 is 0 Å². The lowest BCUT2D eigenvalue weighted by molar-refractivity contribution is -0.136. The number of carbonyl (C=O) groups excluding carboxylic acids is 3. The van der Waals surface area contributed by atoms with Gasteiger partial charge in [-0.05, 0) is 86.6 Å². The summed E-state index contributed by atoms with van der Waals surface area (Å²) in [6, 6.07) is 14.2. The van der Waals surface area contributed by atoms with E-state index in [1.54, 1.807) is 19.3 Å². The number of urea groups is 1. The van der Waals surface area contributed by atoms with Crippen molar-refractivity contribution >= 4 is 34.4 Å². The molecule has 2 heterocycles. The molecule has 0 spiro atoms. The van der Waals surface area contributed by atoms with Crippen molar-refractivity contribution in [3.63, 3.8) is 0 Å². The number of para-hydroxylation sites is 1. The Bertz CT molecular complexity index is 1470. The van der Waals surface area contributed by atoms with Gasteiger partial charge in [0.1, 0.15) is 5.78 Å². The van der Waals surface area contributed by atoms with Crippen LogP contribution in [-0.4, -0.2) is 74.5 Å². The lowest BCUT2D eigenvalue weighted by atomic mass is 9.90. The maximum atomic E-state index is 13.0. The molecule has 1 saturated heterocycles. The Labute approximate surface area is 324 Å². The van der Waals surface area contributed by atoms with Gasteiger partial charge in [-0.1, -0.05) is 103 Å². The number of hydrogen-bond acceptors (Lipinski definition) is 4. The van der Waals surface area contributed by atoms with Crippen molar-refractivity contribution in [2.75, 3.05) is 37.8 Å². The van der Waals surface area contributed by atoms with Crippen LogP contribution in [0.1, 0.15) is 115 Å². The van der Waals surface area contributed by atoms with E-state index in [1.807, 2.05) is 38.4 Å². The molecule has 9 heteroatoms. The number of aryl methyl sites for hydroxylation is 2. The summed E-state index contributed by atoms with van der Waals surface area (Å²) in [6.45, 7) is 24.1. The van der Waals surface area contributed by atoms with E-state index in [2.05, 4.69) is 78.6 Å². The van der Waals surface area contributed by atoms with Crippen LogP contribution in [0.2, 0.25) is 0 Å². The molecule has 2 aromatic rings. The number of Topliss-reactive ketones (excluding diaryl/α,β-unsaturated/α-hetero) is 1. The Morgan fingerprint density at radius 1 is 1.00 bits per heavy atom. The van der Waals surface area contributed by atoms with Gasteiger partial charge in [-0.15, -0.1) is 6.58 Å². The molecule has 2 aliphatic rings. The van der Waals surface area contributed by atoms with Gasteiger partial charge < -0.3 is 15.1 Å². The van der Waals surface area contributed by atoms with Crippen molar-refractivity contribution in [3.05, 3.63) is 77.4 Å². The summed E-state index contributed by atoms with van der Waals surface area (Å²) < 4.78 is 12.8. The van der Waals surface area contributed by atoms with Gasteiger partial charge in [-0.25, -0.2) is 13.3 Å². The number of likely N-dealkylation sites (tertiary alicyclic amines) is 1. The molecule has 3 amide bonds. The molecular formula is C44H70N4O4S. The molecule has 296 valence electrons. The minimum Gasteiger partial charge on any atom is -0.343 e. The number of anilines is 1. The molecule has 2 aromatic carbocycles. The number of nitrogens with one attached hydrogen (secondary N) is 1. The van der Waals surface area contributed by atoms with Crippen LogP contribution in [0.5, 0.6) is 0 Å². The number of nitrogens with zero attached hydrogens (tertiary/aromatic N) is 3. The quantitative estimate of drug-likeness (QED) is 0.173. The number of benzene rings is 2. The van der Waals surface area contributed by atoms with E-state index in [4.69, 9.17) is 0 Å². The zero-order valence-electron chi connectivity index (χ0n) is 34.4. The molecule has 1 fully saturated rings. The number of carbonyl (C=O) groups is 3. The molecule has 0 bridgehead atoms. The first-order valence-electron chi connectivity index (χ1n) is 19.9. The molecule has 1 N–H and O–H groups in total. The Morgan fingerprint density at radius 3 is 2.25 bits per heavy atom. The Kier molecular flexibility index (Phi) is 20.9. The summed E-state index contributed by atoms with van der Waals surface area (Å²) in [7, 11) is -0.841. The fourth-order valence-corrected chi connectivity index (χ4v) is 7.59. The van der Waals surface area contributed by atoms with E-state index in [0.29, 0.717) is 26.1 Å². The second-order valence-corrected chi connectivity index (χ2v) is 16.8. The van der Waals surface area contributed by atoms with Gasteiger partial charge in [-0.2, -0.15) is 0 Å². The highest BCUT2D eigenvalue weighted by Crippen LogP contribution is 2.28. The number of piperidine rings is 1. The van der Waals surface area contributed by atoms with Gasteiger partial charge in [0.05, 0.1) is 11.0 Å². The summed E-state index contributed by atoms with van der Waals surface area (Å²) in [5, 5.41) is 2.98. The number of ketones is 1. The molecule has 0 aromatic heterocycles. The molecule has 0 saturated carbocycles. The summed E-state index contributed by atoms with van der Waals surface area (Å²) >= 11 is 0. The first kappa shape index (κ1) is 45.9.